The van der Waals surface area contributed by atoms with Crippen molar-refractivity contribution in [2.24, 2.45) is 23.7 Å². The minimum Gasteiger partial charge on any atom is -0.394 e. The molecule has 4 fully saturated rings. The molecule has 1 spiro atoms. The number of thioether (sulfide) groups is 1. The third-order valence-corrected chi connectivity index (χ3v) is 11.9. The number of hydrogen-bond donors (Lipinski definition) is 1. The maximum Gasteiger partial charge on any atom is 0.247 e. The van der Waals surface area contributed by atoms with E-state index in [0.717, 1.165) is 38.5 Å². The Balaban J connectivity index is 1.81. The van der Waals surface area contributed by atoms with Gasteiger partial charge in [-0.1, -0.05) is 59.1 Å². The highest BCUT2D eigenvalue weighted by Crippen LogP contribution is 2.69. The van der Waals surface area contributed by atoms with Crippen LogP contribution in [-0.2, 0) is 14.4 Å². The van der Waals surface area contributed by atoms with Gasteiger partial charge in [-0.25, -0.2) is 0 Å². The van der Waals surface area contributed by atoms with Crippen LogP contribution in [0, 0.1) is 23.7 Å². The molecule has 7 nitrogen and oxygen atoms in total. The number of nitrogens with zero attached hydrogens (tertiary/aromatic N) is 3. The van der Waals surface area contributed by atoms with Gasteiger partial charge < -0.3 is 19.8 Å². The average molecular weight is 560 g/mol. The quantitative estimate of drug-likeness (QED) is 0.364. The molecule has 3 heterocycles. The van der Waals surface area contributed by atoms with Crippen molar-refractivity contribution < 1.29 is 19.5 Å². The molecule has 39 heavy (non-hydrogen) atoms. The number of carbonyl (C=O) groups is 3. The van der Waals surface area contributed by atoms with E-state index >= 15 is 0 Å². The van der Waals surface area contributed by atoms with Crippen LogP contribution in [0.25, 0.3) is 0 Å². The maximum atomic E-state index is 14.8. The molecular formula is C31H49N3O4S. The first-order valence-electron chi connectivity index (χ1n) is 15.1. The molecule has 0 radical (unpaired) electrons. The third kappa shape index (κ3) is 4.98. The Morgan fingerprint density at radius 3 is 2.38 bits per heavy atom. The highest BCUT2D eigenvalue weighted by atomic mass is 32.2. The molecule has 0 aromatic carbocycles. The Kier molecular flexibility index (Phi) is 9.57. The van der Waals surface area contributed by atoms with Crippen molar-refractivity contribution in [3.05, 3.63) is 25.3 Å². The second-order valence-electron chi connectivity index (χ2n) is 12.4. The van der Waals surface area contributed by atoms with Crippen LogP contribution in [-0.4, -0.2) is 91.9 Å². The van der Waals surface area contributed by atoms with Crippen LogP contribution in [0.1, 0.15) is 72.6 Å². The van der Waals surface area contributed by atoms with Gasteiger partial charge in [-0.05, 0) is 37.5 Å². The minimum absolute atomic E-state index is 0.00903. The molecule has 4 rings (SSSR count). The van der Waals surface area contributed by atoms with E-state index in [1.165, 1.54) is 6.42 Å². The largest absolute Gasteiger partial charge is 0.394 e. The van der Waals surface area contributed by atoms with Gasteiger partial charge in [-0.15, -0.1) is 24.9 Å². The van der Waals surface area contributed by atoms with Crippen LogP contribution >= 0.6 is 11.8 Å². The van der Waals surface area contributed by atoms with E-state index < -0.39 is 28.7 Å². The van der Waals surface area contributed by atoms with Crippen LogP contribution in [0.3, 0.4) is 0 Å². The Hall–Kier alpha value is -1.80. The number of hydrogen-bond acceptors (Lipinski definition) is 5. The monoisotopic (exact) mass is 559 g/mol. The predicted octanol–water partition coefficient (Wildman–Crippen LogP) is 4.11. The molecule has 1 aliphatic carbocycles. The van der Waals surface area contributed by atoms with E-state index in [1.54, 1.807) is 28.8 Å². The number of likely N-dealkylation sites (tertiary alicyclic amines) is 1. The summed E-state index contributed by atoms with van der Waals surface area (Å²) in [5.41, 5.74) is 0. The molecule has 3 unspecified atom stereocenters. The smallest absolute Gasteiger partial charge is 0.247 e. The molecule has 0 aromatic heterocycles. The normalized spacial score (nSPS) is 32.8. The number of amides is 3. The lowest BCUT2D eigenvalue weighted by atomic mass is 9.65. The van der Waals surface area contributed by atoms with E-state index in [4.69, 9.17) is 0 Å². The average Bonchev–Trinajstić information content (AvgIpc) is 3.51. The van der Waals surface area contributed by atoms with Gasteiger partial charge in [0.25, 0.3) is 0 Å². The predicted molar refractivity (Wildman–Crippen MR) is 157 cm³/mol. The van der Waals surface area contributed by atoms with Crippen LogP contribution in [0.4, 0.5) is 0 Å². The van der Waals surface area contributed by atoms with Gasteiger partial charge in [0.15, 0.2) is 0 Å². The topological polar surface area (TPSA) is 81.2 Å². The summed E-state index contributed by atoms with van der Waals surface area (Å²) in [5, 5.41) is 10.5. The molecule has 8 heteroatoms. The molecule has 3 amide bonds. The summed E-state index contributed by atoms with van der Waals surface area (Å²) in [4.78, 5) is 49.0. The number of fused-ring (bicyclic) bond motifs is 1. The minimum atomic E-state index is -0.696. The molecule has 4 aliphatic rings. The van der Waals surface area contributed by atoms with Crippen molar-refractivity contribution in [3.8, 4) is 0 Å². The molecule has 3 saturated heterocycles. The van der Waals surface area contributed by atoms with Crippen molar-refractivity contribution in [1.82, 2.24) is 14.7 Å². The fourth-order valence-corrected chi connectivity index (χ4v) is 10.4. The first kappa shape index (κ1) is 30.2. The van der Waals surface area contributed by atoms with Crippen LogP contribution in [0.2, 0.25) is 0 Å². The SMILES string of the molecule is C=CCN(CCC)C(=O)[C@@H]1[C@H]2C(=O)N([C@@H](CO)C(C)C)C(C(=O)N(CC=C)C3CCCCC3)C23S[C@@H]1CC3C. The standard InChI is InChI=1S/C31H49N3O4S/c1-7-15-32(16-8-2)28(36)25-24-18-21(6)31(39-24)26(25)29(37)34(23(19-35)20(4)5)27(31)30(38)33(17-9-3)22-13-11-10-12-14-22/h7,9,20-27,35H,1,3,8,10-19H2,2,4-6H3/t21?,23-,24+,25-,26-,27?,31?/m0/s1. The first-order chi connectivity index (χ1) is 18.7. The van der Waals surface area contributed by atoms with Crippen LogP contribution in [0.15, 0.2) is 25.3 Å². The van der Waals surface area contributed by atoms with E-state index in [1.807, 2.05) is 30.6 Å². The van der Waals surface area contributed by atoms with E-state index in [0.29, 0.717) is 19.6 Å². The summed E-state index contributed by atoms with van der Waals surface area (Å²) >= 11 is 1.72. The summed E-state index contributed by atoms with van der Waals surface area (Å²) in [6.45, 7) is 17.3. The van der Waals surface area contributed by atoms with Crippen molar-refractivity contribution in [2.45, 2.75) is 101 Å². The zero-order valence-corrected chi connectivity index (χ0v) is 25.2. The first-order valence-corrected chi connectivity index (χ1v) is 16.0. The lowest BCUT2D eigenvalue weighted by molar-refractivity contribution is -0.149. The summed E-state index contributed by atoms with van der Waals surface area (Å²) in [6, 6.07) is -1.05. The molecule has 0 aromatic rings. The van der Waals surface area contributed by atoms with Crippen LogP contribution < -0.4 is 0 Å². The van der Waals surface area contributed by atoms with Gasteiger partial charge in [-0.3, -0.25) is 14.4 Å². The number of carbonyl (C=O) groups excluding carboxylic acids is 3. The molecule has 218 valence electrons. The lowest BCUT2D eigenvalue weighted by Crippen LogP contribution is -2.61. The van der Waals surface area contributed by atoms with Gasteiger partial charge in [0, 0.05) is 30.9 Å². The molecule has 7 atom stereocenters. The fraction of sp³-hybridized carbons (Fsp3) is 0.774. The van der Waals surface area contributed by atoms with E-state index in [2.05, 4.69) is 20.1 Å². The van der Waals surface area contributed by atoms with E-state index in [9.17, 15) is 19.5 Å². The molecule has 1 saturated carbocycles. The highest BCUT2D eigenvalue weighted by molar-refractivity contribution is 8.02. The Morgan fingerprint density at radius 1 is 1.15 bits per heavy atom. The van der Waals surface area contributed by atoms with Crippen molar-refractivity contribution in [1.29, 1.82) is 0 Å². The van der Waals surface area contributed by atoms with Crippen LogP contribution in [0.5, 0.6) is 0 Å². The zero-order valence-electron chi connectivity index (χ0n) is 24.4. The number of aliphatic hydroxyl groups excluding tert-OH is 1. The van der Waals surface area contributed by atoms with Crippen molar-refractivity contribution >= 4 is 29.5 Å². The third-order valence-electron chi connectivity index (χ3n) is 9.80. The molecule has 1 N–H and O–H groups in total. The number of aliphatic hydroxyl groups is 1. The summed E-state index contributed by atoms with van der Waals surface area (Å²) in [7, 11) is 0. The van der Waals surface area contributed by atoms with Gasteiger partial charge in [-0.2, -0.15) is 0 Å². The number of rotatable bonds is 12. The van der Waals surface area contributed by atoms with Gasteiger partial charge in [0.2, 0.25) is 17.7 Å². The second-order valence-corrected chi connectivity index (χ2v) is 14.0. The molecular weight excluding hydrogens is 510 g/mol. The highest BCUT2D eigenvalue weighted by Gasteiger charge is 2.77. The molecule has 3 aliphatic heterocycles. The Labute approximate surface area is 239 Å². The maximum absolute atomic E-state index is 14.8. The summed E-state index contributed by atoms with van der Waals surface area (Å²) in [5.74, 6) is -1.09. The second kappa shape index (κ2) is 12.4. The van der Waals surface area contributed by atoms with Gasteiger partial charge in [0.05, 0.1) is 29.2 Å². The van der Waals surface area contributed by atoms with Crippen molar-refractivity contribution in [2.75, 3.05) is 26.2 Å². The fourth-order valence-electron chi connectivity index (χ4n) is 8.03. The lowest BCUT2D eigenvalue weighted by Gasteiger charge is -2.45. The Morgan fingerprint density at radius 2 is 1.82 bits per heavy atom. The van der Waals surface area contributed by atoms with E-state index in [-0.39, 0.29) is 47.5 Å². The van der Waals surface area contributed by atoms with Gasteiger partial charge in [0.1, 0.15) is 6.04 Å². The summed E-state index contributed by atoms with van der Waals surface area (Å²) in [6.07, 6.45) is 10.5. The van der Waals surface area contributed by atoms with Crippen molar-refractivity contribution in [3.63, 3.8) is 0 Å². The Bertz CT molecular complexity index is 950. The van der Waals surface area contributed by atoms with Gasteiger partial charge >= 0.3 is 0 Å². The zero-order chi connectivity index (χ0) is 28.5. The molecule has 2 bridgehead atoms. The summed E-state index contributed by atoms with van der Waals surface area (Å²) < 4.78 is -0.679.